The highest BCUT2D eigenvalue weighted by molar-refractivity contribution is 6.29. The van der Waals surface area contributed by atoms with Gasteiger partial charge in [-0.15, -0.1) is 0 Å². The van der Waals surface area contributed by atoms with Crippen LogP contribution in [-0.2, 0) is 6.54 Å². The Kier molecular flexibility index (Phi) is 4.46. The van der Waals surface area contributed by atoms with Crippen molar-refractivity contribution in [3.8, 4) is 0 Å². The molecule has 1 aromatic rings. The van der Waals surface area contributed by atoms with Gasteiger partial charge in [0, 0.05) is 36.9 Å². The third kappa shape index (κ3) is 3.76. The molecule has 2 rings (SSSR count). The number of hydrogen-bond acceptors (Lipinski definition) is 2. The van der Waals surface area contributed by atoms with Gasteiger partial charge in [-0.05, 0) is 30.5 Å². The Balaban J connectivity index is 1.86. The van der Waals surface area contributed by atoms with Gasteiger partial charge in [0.2, 0.25) is 0 Å². The molecule has 0 radical (unpaired) electrons. The fraction of sp³-hybridized carbons (Fsp3) is 0.429. The summed E-state index contributed by atoms with van der Waals surface area (Å²) in [5.74, 6) is 0. The molecule has 0 unspecified atom stereocenters. The van der Waals surface area contributed by atoms with Crippen LogP contribution in [0.15, 0.2) is 35.9 Å². The van der Waals surface area contributed by atoms with Gasteiger partial charge in [0.15, 0.2) is 0 Å². The molecule has 0 amide bonds. The zero-order valence-corrected chi connectivity index (χ0v) is 10.8. The van der Waals surface area contributed by atoms with Gasteiger partial charge in [0.05, 0.1) is 0 Å². The van der Waals surface area contributed by atoms with Crippen molar-refractivity contribution in [2.24, 2.45) is 0 Å². The van der Waals surface area contributed by atoms with Crippen LogP contribution in [0.3, 0.4) is 0 Å². The quantitative estimate of drug-likeness (QED) is 0.864. The zero-order valence-electron chi connectivity index (χ0n) is 10.1. The van der Waals surface area contributed by atoms with Crippen LogP contribution >= 0.6 is 11.6 Å². The molecule has 1 fully saturated rings. The minimum absolute atomic E-state index is 0.652. The lowest BCUT2D eigenvalue weighted by Gasteiger charge is -2.17. The van der Waals surface area contributed by atoms with E-state index >= 15 is 0 Å². The topological polar surface area (TPSA) is 15.3 Å². The number of rotatable bonds is 5. The molecule has 0 aliphatic carbocycles. The van der Waals surface area contributed by atoms with Crippen molar-refractivity contribution in [3.63, 3.8) is 0 Å². The molecule has 1 aliphatic rings. The Morgan fingerprint density at radius 1 is 1.24 bits per heavy atom. The first-order valence-electron chi connectivity index (χ1n) is 6.13. The van der Waals surface area contributed by atoms with Crippen molar-refractivity contribution >= 4 is 17.3 Å². The molecule has 0 saturated carbocycles. The summed E-state index contributed by atoms with van der Waals surface area (Å²) >= 11 is 5.69. The maximum absolute atomic E-state index is 5.69. The van der Waals surface area contributed by atoms with E-state index < -0.39 is 0 Å². The fourth-order valence-electron chi connectivity index (χ4n) is 2.14. The summed E-state index contributed by atoms with van der Waals surface area (Å²) < 4.78 is 0. The average molecular weight is 251 g/mol. The number of nitrogens with zero attached hydrogens (tertiary/aromatic N) is 1. The summed E-state index contributed by atoms with van der Waals surface area (Å²) in [5.41, 5.74) is 2.62. The summed E-state index contributed by atoms with van der Waals surface area (Å²) in [7, 11) is 0. The van der Waals surface area contributed by atoms with Crippen molar-refractivity contribution in [3.05, 3.63) is 41.4 Å². The van der Waals surface area contributed by atoms with Gasteiger partial charge in [-0.2, -0.15) is 0 Å². The van der Waals surface area contributed by atoms with Gasteiger partial charge in [-0.25, -0.2) is 0 Å². The molecule has 0 bridgehead atoms. The van der Waals surface area contributed by atoms with E-state index in [0.717, 1.165) is 6.54 Å². The molecule has 0 atom stereocenters. The summed E-state index contributed by atoms with van der Waals surface area (Å²) in [5, 5.41) is 3.90. The van der Waals surface area contributed by atoms with E-state index in [0.29, 0.717) is 11.6 Å². The lowest BCUT2D eigenvalue weighted by molar-refractivity contribution is 0.755. The highest BCUT2D eigenvalue weighted by atomic mass is 35.5. The van der Waals surface area contributed by atoms with E-state index in [1.165, 1.54) is 37.2 Å². The third-order valence-electron chi connectivity index (χ3n) is 3.05. The molecule has 17 heavy (non-hydrogen) atoms. The van der Waals surface area contributed by atoms with Crippen molar-refractivity contribution in [2.75, 3.05) is 24.5 Å². The molecule has 1 heterocycles. The van der Waals surface area contributed by atoms with E-state index in [4.69, 9.17) is 11.6 Å². The third-order valence-corrected chi connectivity index (χ3v) is 3.19. The summed E-state index contributed by atoms with van der Waals surface area (Å²) in [6.07, 6.45) is 2.64. The maximum Gasteiger partial charge on any atom is 0.0366 e. The van der Waals surface area contributed by atoms with Crippen LogP contribution in [0.5, 0.6) is 0 Å². The Morgan fingerprint density at radius 3 is 2.47 bits per heavy atom. The summed E-state index contributed by atoms with van der Waals surface area (Å²) in [6, 6.07) is 8.77. The van der Waals surface area contributed by atoms with Crippen LogP contribution in [0.2, 0.25) is 0 Å². The second-order valence-corrected chi connectivity index (χ2v) is 5.02. The fourth-order valence-corrected chi connectivity index (χ4v) is 2.24. The van der Waals surface area contributed by atoms with Crippen LogP contribution < -0.4 is 10.2 Å². The first-order valence-corrected chi connectivity index (χ1v) is 6.51. The molecule has 92 valence electrons. The monoisotopic (exact) mass is 250 g/mol. The highest BCUT2D eigenvalue weighted by Gasteiger charge is 2.11. The van der Waals surface area contributed by atoms with Gasteiger partial charge in [-0.1, -0.05) is 30.3 Å². The lowest BCUT2D eigenvalue weighted by Crippen LogP contribution is -2.18. The average Bonchev–Trinajstić information content (AvgIpc) is 2.83. The molecule has 1 N–H and O–H groups in total. The van der Waals surface area contributed by atoms with Crippen LogP contribution in [0.4, 0.5) is 5.69 Å². The van der Waals surface area contributed by atoms with Crippen LogP contribution in [-0.4, -0.2) is 19.6 Å². The minimum atomic E-state index is 0.652. The Morgan fingerprint density at radius 2 is 1.88 bits per heavy atom. The van der Waals surface area contributed by atoms with Gasteiger partial charge in [-0.3, -0.25) is 0 Å². The standard InChI is InChI=1S/C14H19ClN2/c1-12(15)10-16-11-13-4-6-14(7-5-13)17-8-2-3-9-17/h4-7,16H,1-3,8-11H2. The first-order chi connectivity index (χ1) is 8.25. The molecule has 1 aliphatic heterocycles. The molecule has 3 heteroatoms. The van der Waals surface area contributed by atoms with Crippen molar-refractivity contribution in [2.45, 2.75) is 19.4 Å². The largest absolute Gasteiger partial charge is 0.372 e. The van der Waals surface area contributed by atoms with Crippen LogP contribution in [0, 0.1) is 0 Å². The molecular formula is C14H19ClN2. The van der Waals surface area contributed by atoms with Crippen molar-refractivity contribution < 1.29 is 0 Å². The predicted octanol–water partition coefficient (Wildman–Crippen LogP) is 3.13. The molecular weight excluding hydrogens is 232 g/mol. The van der Waals surface area contributed by atoms with Gasteiger partial charge in [0.1, 0.15) is 0 Å². The number of benzene rings is 1. The van der Waals surface area contributed by atoms with E-state index in [-0.39, 0.29) is 0 Å². The number of halogens is 1. The molecule has 0 aromatic heterocycles. The molecule has 1 aromatic carbocycles. The Labute approximate surface area is 108 Å². The van der Waals surface area contributed by atoms with Gasteiger partial charge >= 0.3 is 0 Å². The van der Waals surface area contributed by atoms with Crippen LogP contribution in [0.1, 0.15) is 18.4 Å². The zero-order chi connectivity index (χ0) is 12.1. The smallest absolute Gasteiger partial charge is 0.0366 e. The van der Waals surface area contributed by atoms with Crippen molar-refractivity contribution in [1.29, 1.82) is 0 Å². The predicted molar refractivity (Wildman–Crippen MR) is 74.6 cm³/mol. The van der Waals surface area contributed by atoms with E-state index in [9.17, 15) is 0 Å². The van der Waals surface area contributed by atoms with E-state index in [1.54, 1.807) is 0 Å². The Bertz CT molecular complexity index is 366. The molecule has 2 nitrogen and oxygen atoms in total. The summed E-state index contributed by atoms with van der Waals surface area (Å²) in [6.45, 7) is 7.55. The van der Waals surface area contributed by atoms with Gasteiger partial charge in [0.25, 0.3) is 0 Å². The summed E-state index contributed by atoms with van der Waals surface area (Å²) in [4.78, 5) is 2.44. The second kappa shape index (κ2) is 6.08. The van der Waals surface area contributed by atoms with E-state index in [2.05, 4.69) is 41.1 Å². The molecule has 0 spiro atoms. The SMILES string of the molecule is C=C(Cl)CNCc1ccc(N2CCCC2)cc1. The second-order valence-electron chi connectivity index (χ2n) is 4.48. The Hall–Kier alpha value is -0.990. The number of hydrogen-bond donors (Lipinski definition) is 1. The van der Waals surface area contributed by atoms with Gasteiger partial charge < -0.3 is 10.2 Å². The normalized spacial score (nSPS) is 15.2. The highest BCUT2D eigenvalue weighted by Crippen LogP contribution is 2.20. The van der Waals surface area contributed by atoms with Crippen molar-refractivity contribution in [1.82, 2.24) is 5.32 Å². The number of anilines is 1. The maximum atomic E-state index is 5.69. The van der Waals surface area contributed by atoms with Crippen LogP contribution in [0.25, 0.3) is 0 Å². The molecule has 1 saturated heterocycles. The number of nitrogens with one attached hydrogen (secondary N) is 1. The minimum Gasteiger partial charge on any atom is -0.372 e. The lowest BCUT2D eigenvalue weighted by atomic mass is 10.2. The first kappa shape index (κ1) is 12.5. The van der Waals surface area contributed by atoms with E-state index in [1.807, 2.05) is 0 Å².